The Kier molecular flexibility index (Phi) is 5.05. The summed E-state index contributed by atoms with van der Waals surface area (Å²) in [6, 6.07) is -0.220. The van der Waals surface area contributed by atoms with E-state index in [1.165, 1.54) is 0 Å². The maximum absolute atomic E-state index is 12.1. The van der Waals surface area contributed by atoms with Gasteiger partial charge in [-0.3, -0.25) is 14.4 Å². The topological polar surface area (TPSA) is 116 Å². The van der Waals surface area contributed by atoms with E-state index in [1.807, 2.05) is 0 Å². The largest absolute Gasteiger partial charge is 0.480 e. The van der Waals surface area contributed by atoms with Gasteiger partial charge in [0.1, 0.15) is 13.1 Å². The zero-order valence-corrected chi connectivity index (χ0v) is 9.96. The first-order chi connectivity index (χ1) is 8.45. The number of likely N-dealkylation sites (N-methyl/N-ethyl adjacent to an activating group) is 1. The number of carbonyl (C=O) groups excluding carboxylic acids is 1. The predicted octanol–water partition coefficient (Wildman–Crippen LogP) is -1.78. The summed E-state index contributed by atoms with van der Waals surface area (Å²) in [5.41, 5.74) is 0. The van der Waals surface area contributed by atoms with Crippen LogP contribution in [0, 0.1) is 5.92 Å². The fourth-order valence-corrected chi connectivity index (χ4v) is 1.85. The fourth-order valence-electron chi connectivity index (χ4n) is 1.85. The number of nitrogens with zero attached hydrogens (tertiary/aromatic N) is 1. The van der Waals surface area contributed by atoms with Crippen LogP contribution in [0.3, 0.4) is 0 Å². The van der Waals surface area contributed by atoms with E-state index in [9.17, 15) is 14.4 Å². The minimum absolute atomic E-state index is 0.167. The Morgan fingerprint density at radius 1 is 1.22 bits per heavy atom. The van der Waals surface area contributed by atoms with E-state index in [1.54, 1.807) is 7.05 Å². The second-order valence-corrected chi connectivity index (χ2v) is 4.02. The summed E-state index contributed by atoms with van der Waals surface area (Å²) in [6.07, 6.45) is 0. The molecule has 1 rings (SSSR count). The van der Waals surface area contributed by atoms with Crippen LogP contribution in [-0.4, -0.2) is 72.4 Å². The number of amides is 1. The van der Waals surface area contributed by atoms with Gasteiger partial charge in [0.25, 0.3) is 0 Å². The summed E-state index contributed by atoms with van der Waals surface area (Å²) in [5.74, 6) is -3.56. The fraction of sp³-hybridized carbons (Fsp3) is 0.700. The van der Waals surface area contributed by atoms with Gasteiger partial charge < -0.3 is 25.2 Å². The van der Waals surface area contributed by atoms with Gasteiger partial charge in [-0.2, -0.15) is 0 Å². The van der Waals surface area contributed by atoms with Gasteiger partial charge in [-0.15, -0.1) is 0 Å². The summed E-state index contributed by atoms with van der Waals surface area (Å²) in [6.45, 7) is -0.739. The Balaban J connectivity index is 2.74. The third-order valence-corrected chi connectivity index (χ3v) is 2.73. The smallest absolute Gasteiger partial charge is 0.323 e. The van der Waals surface area contributed by atoms with E-state index in [0.29, 0.717) is 6.61 Å². The Bertz CT molecular complexity index is 329. The van der Waals surface area contributed by atoms with Gasteiger partial charge in [0, 0.05) is 6.04 Å². The lowest BCUT2D eigenvalue weighted by molar-refractivity contribution is -0.151. The highest BCUT2D eigenvalue weighted by atomic mass is 16.5. The average molecular weight is 260 g/mol. The van der Waals surface area contributed by atoms with Crippen molar-refractivity contribution in [1.29, 1.82) is 0 Å². The number of carbonyl (C=O) groups is 3. The molecule has 1 aliphatic rings. The number of rotatable bonds is 6. The lowest BCUT2D eigenvalue weighted by atomic mass is 10.0. The maximum Gasteiger partial charge on any atom is 0.323 e. The number of carboxylic acid groups (broad SMARTS) is 2. The standard InChI is InChI=1S/C10H16N2O6/c1-11-7-5-18-4-6(7)10(17)12(2-8(13)14)3-9(15)16/h6-7,11H,2-5H2,1H3,(H,13,14)(H,15,16). The maximum atomic E-state index is 12.1. The summed E-state index contributed by atoms with van der Waals surface area (Å²) in [5, 5.41) is 20.2. The van der Waals surface area contributed by atoms with Crippen molar-refractivity contribution in [3.8, 4) is 0 Å². The van der Waals surface area contributed by atoms with E-state index in [0.717, 1.165) is 4.90 Å². The average Bonchev–Trinajstić information content (AvgIpc) is 2.73. The molecule has 0 spiro atoms. The molecule has 2 atom stereocenters. The zero-order chi connectivity index (χ0) is 13.7. The van der Waals surface area contributed by atoms with Crippen LogP contribution < -0.4 is 5.32 Å². The van der Waals surface area contributed by atoms with E-state index < -0.39 is 36.9 Å². The molecular formula is C10H16N2O6. The zero-order valence-electron chi connectivity index (χ0n) is 9.96. The summed E-state index contributed by atoms with van der Waals surface area (Å²) in [4.78, 5) is 34.1. The molecule has 0 aromatic carbocycles. The van der Waals surface area contributed by atoms with Crippen LogP contribution in [0.15, 0.2) is 0 Å². The van der Waals surface area contributed by atoms with Crippen molar-refractivity contribution in [3.05, 3.63) is 0 Å². The Morgan fingerprint density at radius 3 is 2.22 bits per heavy atom. The molecule has 3 N–H and O–H groups in total. The summed E-state index contributed by atoms with van der Waals surface area (Å²) in [7, 11) is 1.67. The Morgan fingerprint density at radius 2 is 1.78 bits per heavy atom. The highest BCUT2D eigenvalue weighted by Gasteiger charge is 2.36. The molecule has 8 heteroatoms. The van der Waals surface area contributed by atoms with Gasteiger partial charge >= 0.3 is 11.9 Å². The normalized spacial score (nSPS) is 22.7. The molecule has 0 aliphatic carbocycles. The summed E-state index contributed by atoms with van der Waals surface area (Å²) < 4.78 is 5.14. The first-order valence-corrected chi connectivity index (χ1v) is 5.43. The molecule has 0 radical (unpaired) electrons. The molecule has 1 saturated heterocycles. The monoisotopic (exact) mass is 260 g/mol. The molecule has 1 amide bonds. The number of hydrogen-bond acceptors (Lipinski definition) is 5. The van der Waals surface area contributed by atoms with Crippen molar-refractivity contribution < 1.29 is 29.3 Å². The second kappa shape index (κ2) is 6.31. The van der Waals surface area contributed by atoms with Crippen LogP contribution in [0.1, 0.15) is 0 Å². The second-order valence-electron chi connectivity index (χ2n) is 4.02. The molecule has 1 fully saturated rings. The predicted molar refractivity (Wildman–Crippen MR) is 59.0 cm³/mol. The van der Waals surface area contributed by atoms with E-state index >= 15 is 0 Å². The molecule has 0 bridgehead atoms. The minimum atomic E-state index is -1.25. The highest BCUT2D eigenvalue weighted by molar-refractivity contribution is 5.87. The van der Waals surface area contributed by atoms with Gasteiger partial charge in [0.15, 0.2) is 0 Å². The number of aliphatic carboxylic acids is 2. The van der Waals surface area contributed by atoms with Gasteiger partial charge in [-0.05, 0) is 7.05 Å². The highest BCUT2D eigenvalue weighted by Crippen LogP contribution is 2.16. The van der Waals surface area contributed by atoms with Crippen molar-refractivity contribution in [2.24, 2.45) is 5.92 Å². The number of carboxylic acids is 2. The van der Waals surface area contributed by atoms with Gasteiger partial charge in [0.2, 0.25) is 5.91 Å². The van der Waals surface area contributed by atoms with Crippen LogP contribution in [0.4, 0.5) is 0 Å². The third-order valence-electron chi connectivity index (χ3n) is 2.73. The number of ether oxygens (including phenoxy) is 1. The quantitative estimate of drug-likeness (QED) is 0.517. The van der Waals surface area contributed by atoms with Crippen molar-refractivity contribution in [3.63, 3.8) is 0 Å². The van der Waals surface area contributed by atoms with Gasteiger partial charge in [-0.1, -0.05) is 0 Å². The van der Waals surface area contributed by atoms with Crippen LogP contribution >= 0.6 is 0 Å². The lowest BCUT2D eigenvalue weighted by Crippen LogP contribution is -2.48. The summed E-state index contributed by atoms with van der Waals surface area (Å²) >= 11 is 0. The van der Waals surface area contributed by atoms with Gasteiger partial charge in [-0.25, -0.2) is 0 Å². The lowest BCUT2D eigenvalue weighted by Gasteiger charge is -2.24. The van der Waals surface area contributed by atoms with Crippen LogP contribution in [0.25, 0.3) is 0 Å². The van der Waals surface area contributed by atoms with Crippen molar-refractivity contribution in [2.45, 2.75) is 6.04 Å². The molecule has 1 heterocycles. The Hall–Kier alpha value is -1.67. The minimum Gasteiger partial charge on any atom is -0.480 e. The van der Waals surface area contributed by atoms with Crippen LogP contribution in [0.5, 0.6) is 0 Å². The van der Waals surface area contributed by atoms with Crippen molar-refractivity contribution >= 4 is 17.8 Å². The first-order valence-electron chi connectivity index (χ1n) is 5.43. The van der Waals surface area contributed by atoms with Gasteiger partial charge in [0.05, 0.1) is 19.1 Å². The van der Waals surface area contributed by atoms with E-state index in [4.69, 9.17) is 14.9 Å². The SMILES string of the molecule is CNC1COCC1C(=O)N(CC(=O)O)CC(=O)O. The van der Waals surface area contributed by atoms with E-state index in [2.05, 4.69) is 5.32 Å². The van der Waals surface area contributed by atoms with Crippen molar-refractivity contribution in [2.75, 3.05) is 33.4 Å². The molecule has 1 aliphatic heterocycles. The molecule has 102 valence electrons. The van der Waals surface area contributed by atoms with Crippen LogP contribution in [0.2, 0.25) is 0 Å². The Labute approximate surface area is 104 Å². The number of nitrogens with one attached hydrogen (secondary N) is 1. The van der Waals surface area contributed by atoms with E-state index in [-0.39, 0.29) is 12.6 Å². The molecule has 0 aromatic heterocycles. The molecule has 2 unspecified atom stereocenters. The molecule has 0 aromatic rings. The van der Waals surface area contributed by atoms with Crippen molar-refractivity contribution in [1.82, 2.24) is 10.2 Å². The number of hydrogen-bond donors (Lipinski definition) is 3. The third kappa shape index (κ3) is 3.67. The van der Waals surface area contributed by atoms with Crippen LogP contribution in [-0.2, 0) is 19.1 Å². The molecule has 0 saturated carbocycles. The molecular weight excluding hydrogens is 244 g/mol. The molecule has 18 heavy (non-hydrogen) atoms. The first kappa shape index (κ1) is 14.4. The molecule has 8 nitrogen and oxygen atoms in total.